The Morgan fingerprint density at radius 1 is 1.35 bits per heavy atom. The molecule has 1 aromatic carbocycles. The van der Waals surface area contributed by atoms with Gasteiger partial charge in [0.2, 0.25) is 5.28 Å². The largest absolute Gasteiger partial charge is 0.339 e. The minimum Gasteiger partial charge on any atom is -0.339 e. The summed E-state index contributed by atoms with van der Waals surface area (Å²) in [6.07, 6.45) is 1.46. The minimum atomic E-state index is -0.586. The molecule has 2 rings (SSSR count). The number of aromatic nitrogens is 2. The summed E-state index contributed by atoms with van der Waals surface area (Å²) in [6.45, 7) is 0. The van der Waals surface area contributed by atoms with Crippen LogP contribution in [0.2, 0.25) is 5.28 Å². The Kier molecular flexibility index (Phi) is 3.17. The maximum Gasteiger partial charge on any atom is 0.224 e. The lowest BCUT2D eigenvalue weighted by Crippen LogP contribution is -1.98. The van der Waals surface area contributed by atoms with Crippen LogP contribution >= 0.6 is 11.6 Å². The predicted octanol–water partition coefficient (Wildman–Crippen LogP) is 2.88. The molecule has 0 unspecified atom stereocenters. The number of nitriles is 1. The smallest absolute Gasteiger partial charge is 0.224 e. The molecule has 0 fully saturated rings. The van der Waals surface area contributed by atoms with E-state index in [1.165, 1.54) is 18.3 Å². The number of nitrogens with one attached hydrogen (secondary N) is 1. The molecular formula is C11H6ClFN4. The number of rotatable bonds is 2. The average Bonchev–Trinajstić information content (AvgIpc) is 2.29. The zero-order valence-electron chi connectivity index (χ0n) is 8.48. The first-order chi connectivity index (χ1) is 8.20. The second-order valence-corrected chi connectivity index (χ2v) is 3.45. The standard InChI is InChI=1S/C11H6ClFN4/c12-11-15-5-4-10(17-11)16-9-3-1-2-8(13)7(9)6-14/h1-5H,(H,15,16,17). The number of benzene rings is 1. The van der Waals surface area contributed by atoms with Crippen LogP contribution in [-0.2, 0) is 0 Å². The molecule has 1 heterocycles. The van der Waals surface area contributed by atoms with Gasteiger partial charge in [0.15, 0.2) is 0 Å². The van der Waals surface area contributed by atoms with Crippen molar-refractivity contribution in [2.24, 2.45) is 0 Å². The van der Waals surface area contributed by atoms with E-state index in [1.807, 2.05) is 0 Å². The van der Waals surface area contributed by atoms with Crippen molar-refractivity contribution < 1.29 is 4.39 Å². The number of nitrogens with zero attached hydrogens (tertiary/aromatic N) is 3. The van der Waals surface area contributed by atoms with Gasteiger partial charge in [-0.3, -0.25) is 0 Å². The van der Waals surface area contributed by atoms with Crippen LogP contribution in [0.3, 0.4) is 0 Å². The summed E-state index contributed by atoms with van der Waals surface area (Å²) < 4.78 is 13.3. The Labute approximate surface area is 102 Å². The summed E-state index contributed by atoms with van der Waals surface area (Å²) in [7, 11) is 0. The van der Waals surface area contributed by atoms with E-state index in [-0.39, 0.29) is 10.8 Å². The van der Waals surface area contributed by atoms with Gasteiger partial charge in [-0.1, -0.05) is 6.07 Å². The first kappa shape index (κ1) is 11.3. The molecule has 0 aliphatic rings. The van der Waals surface area contributed by atoms with Gasteiger partial charge in [0.25, 0.3) is 0 Å². The van der Waals surface area contributed by atoms with Gasteiger partial charge in [-0.15, -0.1) is 0 Å². The van der Waals surface area contributed by atoms with Gasteiger partial charge < -0.3 is 5.32 Å². The van der Waals surface area contributed by atoms with Crippen molar-refractivity contribution in [2.45, 2.75) is 0 Å². The summed E-state index contributed by atoms with van der Waals surface area (Å²) in [5.41, 5.74) is 0.268. The third-order valence-corrected chi connectivity index (χ3v) is 2.20. The van der Waals surface area contributed by atoms with Gasteiger partial charge in [0, 0.05) is 6.20 Å². The lowest BCUT2D eigenvalue weighted by Gasteiger charge is -2.07. The topological polar surface area (TPSA) is 61.6 Å². The van der Waals surface area contributed by atoms with Gasteiger partial charge in [-0.25, -0.2) is 14.4 Å². The molecule has 0 aliphatic carbocycles. The normalized spacial score (nSPS) is 9.71. The third-order valence-electron chi connectivity index (χ3n) is 2.01. The highest BCUT2D eigenvalue weighted by Crippen LogP contribution is 2.21. The average molecular weight is 249 g/mol. The SMILES string of the molecule is N#Cc1c(F)cccc1Nc1ccnc(Cl)n1. The van der Waals surface area contributed by atoms with Crippen molar-refractivity contribution in [3.8, 4) is 6.07 Å². The van der Waals surface area contributed by atoms with E-state index >= 15 is 0 Å². The monoisotopic (exact) mass is 248 g/mol. The lowest BCUT2D eigenvalue weighted by molar-refractivity contribution is 0.624. The molecule has 0 aliphatic heterocycles. The molecule has 84 valence electrons. The predicted molar refractivity (Wildman–Crippen MR) is 61.4 cm³/mol. The van der Waals surface area contributed by atoms with E-state index in [2.05, 4.69) is 15.3 Å². The Morgan fingerprint density at radius 3 is 2.88 bits per heavy atom. The summed E-state index contributed by atoms with van der Waals surface area (Å²) in [6, 6.07) is 7.65. The summed E-state index contributed by atoms with van der Waals surface area (Å²) in [5, 5.41) is 11.7. The van der Waals surface area contributed by atoms with Gasteiger partial charge >= 0.3 is 0 Å². The van der Waals surface area contributed by atoms with E-state index in [0.717, 1.165) is 0 Å². The van der Waals surface area contributed by atoms with E-state index < -0.39 is 5.82 Å². The van der Waals surface area contributed by atoms with Gasteiger partial charge in [0.1, 0.15) is 23.3 Å². The summed E-state index contributed by atoms with van der Waals surface area (Å²) in [5.74, 6) is -0.190. The van der Waals surface area contributed by atoms with Gasteiger partial charge in [-0.2, -0.15) is 5.26 Å². The number of anilines is 2. The van der Waals surface area contributed by atoms with E-state index in [0.29, 0.717) is 11.5 Å². The van der Waals surface area contributed by atoms with Crippen molar-refractivity contribution in [2.75, 3.05) is 5.32 Å². The summed E-state index contributed by atoms with van der Waals surface area (Å²) >= 11 is 5.61. The van der Waals surface area contributed by atoms with E-state index in [1.54, 1.807) is 18.2 Å². The van der Waals surface area contributed by atoms with Crippen LogP contribution in [0.5, 0.6) is 0 Å². The molecule has 0 saturated heterocycles. The molecule has 2 aromatic rings. The van der Waals surface area contributed by atoms with Crippen molar-refractivity contribution >= 4 is 23.1 Å². The molecule has 0 saturated carbocycles. The fraction of sp³-hybridized carbons (Fsp3) is 0. The Bertz CT molecular complexity index is 594. The zero-order valence-corrected chi connectivity index (χ0v) is 9.24. The van der Waals surface area contributed by atoms with Crippen LogP contribution < -0.4 is 5.32 Å². The fourth-order valence-electron chi connectivity index (χ4n) is 1.28. The van der Waals surface area contributed by atoms with Crippen LogP contribution in [0, 0.1) is 17.1 Å². The van der Waals surface area contributed by atoms with Crippen molar-refractivity contribution in [3.63, 3.8) is 0 Å². The number of halogens is 2. The molecule has 6 heteroatoms. The lowest BCUT2D eigenvalue weighted by atomic mass is 10.2. The van der Waals surface area contributed by atoms with E-state index in [4.69, 9.17) is 16.9 Å². The fourth-order valence-corrected chi connectivity index (χ4v) is 1.43. The van der Waals surface area contributed by atoms with Crippen LogP contribution in [0.1, 0.15) is 5.56 Å². The molecular weight excluding hydrogens is 243 g/mol. The maximum absolute atomic E-state index is 13.3. The van der Waals surface area contributed by atoms with Crippen LogP contribution in [0.25, 0.3) is 0 Å². The van der Waals surface area contributed by atoms with Crippen molar-refractivity contribution in [3.05, 3.63) is 47.1 Å². The first-order valence-corrected chi connectivity index (χ1v) is 5.02. The summed E-state index contributed by atoms with van der Waals surface area (Å²) in [4.78, 5) is 7.60. The van der Waals surface area contributed by atoms with Crippen molar-refractivity contribution in [1.29, 1.82) is 5.26 Å². The second-order valence-electron chi connectivity index (χ2n) is 3.11. The highest BCUT2D eigenvalue weighted by molar-refractivity contribution is 6.28. The van der Waals surface area contributed by atoms with Crippen LogP contribution in [-0.4, -0.2) is 9.97 Å². The molecule has 0 spiro atoms. The van der Waals surface area contributed by atoms with Crippen LogP contribution in [0.4, 0.5) is 15.9 Å². The van der Waals surface area contributed by atoms with Gasteiger partial charge in [0.05, 0.1) is 5.69 Å². The Balaban J connectivity index is 2.37. The van der Waals surface area contributed by atoms with Crippen molar-refractivity contribution in [1.82, 2.24) is 9.97 Å². The first-order valence-electron chi connectivity index (χ1n) is 4.65. The molecule has 17 heavy (non-hydrogen) atoms. The highest BCUT2D eigenvalue weighted by Gasteiger charge is 2.08. The highest BCUT2D eigenvalue weighted by atomic mass is 35.5. The molecule has 0 radical (unpaired) electrons. The van der Waals surface area contributed by atoms with Gasteiger partial charge in [-0.05, 0) is 29.8 Å². The van der Waals surface area contributed by atoms with Crippen LogP contribution in [0.15, 0.2) is 30.5 Å². The number of hydrogen-bond acceptors (Lipinski definition) is 4. The Morgan fingerprint density at radius 2 is 2.18 bits per heavy atom. The molecule has 1 aromatic heterocycles. The molecule has 0 atom stereocenters. The molecule has 1 N–H and O–H groups in total. The Hall–Kier alpha value is -2.19. The van der Waals surface area contributed by atoms with E-state index in [9.17, 15) is 4.39 Å². The maximum atomic E-state index is 13.3. The molecule has 4 nitrogen and oxygen atoms in total. The molecule has 0 bridgehead atoms. The second kappa shape index (κ2) is 4.76. The minimum absolute atomic E-state index is 0.0674. The number of hydrogen-bond donors (Lipinski definition) is 1. The quantitative estimate of drug-likeness (QED) is 0.830. The zero-order chi connectivity index (χ0) is 12.3. The third kappa shape index (κ3) is 2.49. The molecule has 0 amide bonds.